The molecule has 192 valence electrons. The number of rotatable bonds is 4. The summed E-state index contributed by atoms with van der Waals surface area (Å²) < 4.78 is 7.68. The van der Waals surface area contributed by atoms with Crippen LogP contribution in [0.25, 0.3) is 22.3 Å². The number of halogens is 1. The van der Waals surface area contributed by atoms with E-state index in [9.17, 15) is 4.79 Å². The van der Waals surface area contributed by atoms with Gasteiger partial charge < -0.3 is 20.5 Å². The maximum atomic E-state index is 12.9. The average molecular weight is 530 g/mol. The third-order valence-corrected chi connectivity index (χ3v) is 7.39. The molecule has 1 aliphatic heterocycles. The minimum atomic E-state index is -0.348. The lowest BCUT2D eigenvalue weighted by Gasteiger charge is -2.39. The number of piperidine rings is 1. The van der Waals surface area contributed by atoms with Crippen LogP contribution < -0.4 is 10.5 Å². The Morgan fingerprint density at radius 1 is 1.16 bits per heavy atom. The summed E-state index contributed by atoms with van der Waals surface area (Å²) in [7, 11) is 0. The molecular formula is C27H24ClN7O3. The highest BCUT2D eigenvalue weighted by atomic mass is 35.5. The van der Waals surface area contributed by atoms with E-state index in [2.05, 4.69) is 26.8 Å². The van der Waals surface area contributed by atoms with Crippen LogP contribution in [-0.2, 0) is 4.79 Å². The largest absolute Gasteiger partial charge is 0.439 e. The molecule has 0 radical (unpaired) electrons. The fourth-order valence-corrected chi connectivity index (χ4v) is 5.20. The lowest BCUT2D eigenvalue weighted by atomic mass is 9.96. The Kier molecular flexibility index (Phi) is 6.10. The third-order valence-electron chi connectivity index (χ3n) is 7.17. The molecule has 3 aromatic heterocycles. The number of carbonyl (C=O) groups excluding carboxylic acids is 1. The minimum Gasteiger partial charge on any atom is -0.439 e. The molecule has 1 atom stereocenters. The number of likely N-dealkylation sites (tertiary alicyclic amines) is 1. The van der Waals surface area contributed by atoms with Crippen molar-refractivity contribution in [3.8, 4) is 34.7 Å². The molecule has 1 saturated carbocycles. The molecule has 0 unspecified atom stereocenters. The van der Waals surface area contributed by atoms with Crippen LogP contribution in [0.4, 0.5) is 5.82 Å². The normalized spacial score (nSPS) is 17.7. The number of pyridine rings is 1. The first kappa shape index (κ1) is 24.2. The van der Waals surface area contributed by atoms with E-state index in [1.54, 1.807) is 12.1 Å². The summed E-state index contributed by atoms with van der Waals surface area (Å²) in [6.45, 7) is 0.110. The summed E-state index contributed by atoms with van der Waals surface area (Å²) in [4.78, 5) is 27.6. The standard InChI is InChI=1S/C27H24ClN7O3/c28-18-5-8-21(30-14-18)38-20-6-3-17(4-7-20)24-23-25(29)31-16-32-26(23)35(33-24)19-9-10-27(11-12-27)34(15-19)22(37)2-1-13-36/h3-8,14,16,19,36H,9-13,15H2,(H2,29,31,32)/t19-/m1/s1. The zero-order valence-electron chi connectivity index (χ0n) is 20.3. The number of hydrogen-bond donors (Lipinski definition) is 2. The number of aliphatic hydroxyl groups excluding tert-OH is 1. The van der Waals surface area contributed by atoms with Crippen LogP contribution in [0.5, 0.6) is 11.6 Å². The van der Waals surface area contributed by atoms with E-state index in [0.717, 1.165) is 31.2 Å². The number of hydrogen-bond acceptors (Lipinski definition) is 8. The van der Waals surface area contributed by atoms with E-state index in [-0.39, 0.29) is 24.1 Å². The Hall–Kier alpha value is -4.20. The lowest BCUT2D eigenvalue weighted by Crippen LogP contribution is -2.48. The van der Waals surface area contributed by atoms with Crippen molar-refractivity contribution in [2.24, 2.45) is 0 Å². The van der Waals surface area contributed by atoms with Gasteiger partial charge in [0.05, 0.1) is 16.5 Å². The highest BCUT2D eigenvalue weighted by Gasteiger charge is 2.53. The van der Waals surface area contributed by atoms with Gasteiger partial charge in [0.2, 0.25) is 5.88 Å². The van der Waals surface area contributed by atoms with Crippen molar-refractivity contribution in [3.63, 3.8) is 0 Å². The molecule has 4 heterocycles. The third kappa shape index (κ3) is 4.40. The molecule has 1 saturated heterocycles. The van der Waals surface area contributed by atoms with Crippen LogP contribution in [0, 0.1) is 11.8 Å². The van der Waals surface area contributed by atoms with Gasteiger partial charge >= 0.3 is 0 Å². The molecule has 2 aliphatic rings. The second-order valence-electron chi connectivity index (χ2n) is 9.48. The molecule has 0 bridgehead atoms. The Bertz CT molecular complexity index is 1570. The molecule has 4 aromatic rings. The Balaban J connectivity index is 1.32. The number of anilines is 1. The van der Waals surface area contributed by atoms with Crippen LogP contribution in [0.2, 0.25) is 5.02 Å². The van der Waals surface area contributed by atoms with Gasteiger partial charge in [0.15, 0.2) is 5.65 Å². The van der Waals surface area contributed by atoms with Crippen molar-refractivity contribution in [2.45, 2.75) is 37.3 Å². The molecule has 11 heteroatoms. The van der Waals surface area contributed by atoms with Gasteiger partial charge in [0, 0.05) is 29.9 Å². The predicted octanol–water partition coefficient (Wildman–Crippen LogP) is 3.61. The van der Waals surface area contributed by atoms with Crippen LogP contribution >= 0.6 is 11.6 Å². The van der Waals surface area contributed by atoms with Gasteiger partial charge in [-0.15, -0.1) is 0 Å². The second-order valence-corrected chi connectivity index (χ2v) is 9.92. The van der Waals surface area contributed by atoms with Crippen molar-refractivity contribution in [1.29, 1.82) is 0 Å². The van der Waals surface area contributed by atoms with Crippen molar-refractivity contribution >= 4 is 34.4 Å². The maximum absolute atomic E-state index is 12.9. The number of fused-ring (bicyclic) bond motifs is 1. The summed E-state index contributed by atoms with van der Waals surface area (Å²) in [5.41, 5.74) is 8.27. The Labute approximate surface area is 223 Å². The molecule has 1 amide bonds. The number of nitrogen functional groups attached to an aromatic ring is 1. The number of ether oxygens (including phenoxy) is 1. The van der Waals surface area contributed by atoms with E-state index in [1.807, 2.05) is 33.8 Å². The molecular weight excluding hydrogens is 506 g/mol. The van der Waals surface area contributed by atoms with Crippen molar-refractivity contribution in [1.82, 2.24) is 29.6 Å². The summed E-state index contributed by atoms with van der Waals surface area (Å²) in [5.74, 6) is 6.15. The first-order chi connectivity index (χ1) is 18.5. The number of carbonyl (C=O) groups is 1. The zero-order chi connectivity index (χ0) is 26.3. The second kappa shape index (κ2) is 9.59. The van der Waals surface area contributed by atoms with E-state index >= 15 is 0 Å². The number of aliphatic hydroxyl groups is 1. The fraction of sp³-hybridized carbons (Fsp3) is 0.296. The zero-order valence-corrected chi connectivity index (χ0v) is 21.1. The van der Waals surface area contributed by atoms with Gasteiger partial charge in [-0.1, -0.05) is 17.5 Å². The van der Waals surface area contributed by atoms with Gasteiger partial charge in [0.25, 0.3) is 5.91 Å². The number of benzene rings is 1. The van der Waals surface area contributed by atoms with Crippen LogP contribution in [0.1, 0.15) is 31.7 Å². The number of nitrogens with zero attached hydrogens (tertiary/aromatic N) is 6. The fourth-order valence-electron chi connectivity index (χ4n) is 5.09. The van der Waals surface area contributed by atoms with Crippen molar-refractivity contribution < 1.29 is 14.6 Å². The van der Waals surface area contributed by atoms with Gasteiger partial charge in [-0.2, -0.15) is 5.10 Å². The molecule has 6 rings (SSSR count). The molecule has 2 fully saturated rings. The number of amides is 1. The van der Waals surface area contributed by atoms with Crippen LogP contribution in [0.3, 0.4) is 0 Å². The lowest BCUT2D eigenvalue weighted by molar-refractivity contribution is -0.130. The van der Waals surface area contributed by atoms with Gasteiger partial charge in [-0.05, 0) is 61.9 Å². The van der Waals surface area contributed by atoms with Crippen LogP contribution in [-0.4, -0.2) is 59.3 Å². The van der Waals surface area contributed by atoms with Crippen molar-refractivity contribution in [2.75, 3.05) is 18.9 Å². The van der Waals surface area contributed by atoms with E-state index in [0.29, 0.717) is 45.7 Å². The summed E-state index contributed by atoms with van der Waals surface area (Å²) in [5, 5.41) is 15.2. The topological polar surface area (TPSA) is 132 Å². The molecule has 1 aromatic carbocycles. The summed E-state index contributed by atoms with van der Waals surface area (Å²) in [6.07, 6.45) is 6.58. The summed E-state index contributed by atoms with van der Waals surface area (Å²) in [6, 6.07) is 10.7. The average Bonchev–Trinajstić information content (AvgIpc) is 3.59. The number of aromatic nitrogens is 5. The van der Waals surface area contributed by atoms with Crippen molar-refractivity contribution in [3.05, 3.63) is 53.9 Å². The molecule has 10 nitrogen and oxygen atoms in total. The molecule has 1 spiro atoms. The first-order valence-electron chi connectivity index (χ1n) is 12.3. The molecule has 1 aliphatic carbocycles. The summed E-state index contributed by atoms with van der Waals surface area (Å²) >= 11 is 5.90. The smallest absolute Gasteiger partial charge is 0.299 e. The highest BCUT2D eigenvalue weighted by molar-refractivity contribution is 6.30. The SMILES string of the molecule is Nc1ncnc2c1c(-c1ccc(Oc3ccc(Cl)cn3)cc1)nn2[C@@H]1CCC2(CC2)N(C(=O)C#CCO)C1. The Morgan fingerprint density at radius 3 is 2.68 bits per heavy atom. The van der Waals surface area contributed by atoms with Gasteiger partial charge in [-0.3, -0.25) is 4.79 Å². The predicted molar refractivity (Wildman–Crippen MR) is 141 cm³/mol. The number of nitrogens with two attached hydrogens (primary N) is 1. The molecule has 38 heavy (non-hydrogen) atoms. The maximum Gasteiger partial charge on any atom is 0.299 e. The van der Waals surface area contributed by atoms with E-state index < -0.39 is 0 Å². The molecule has 3 N–H and O–H groups in total. The Morgan fingerprint density at radius 2 is 1.97 bits per heavy atom. The van der Waals surface area contributed by atoms with Crippen LogP contribution in [0.15, 0.2) is 48.9 Å². The highest BCUT2D eigenvalue weighted by Crippen LogP contribution is 2.50. The minimum absolute atomic E-state index is 0.106. The van der Waals surface area contributed by atoms with Gasteiger partial charge in [-0.25, -0.2) is 19.6 Å². The first-order valence-corrected chi connectivity index (χ1v) is 12.6. The monoisotopic (exact) mass is 529 g/mol. The van der Waals surface area contributed by atoms with E-state index in [4.69, 9.17) is 32.3 Å². The quantitative estimate of drug-likeness (QED) is 0.383. The van der Waals surface area contributed by atoms with Gasteiger partial charge in [0.1, 0.15) is 30.2 Å². The van der Waals surface area contributed by atoms with E-state index in [1.165, 1.54) is 12.5 Å².